The second kappa shape index (κ2) is 5.72. The topological polar surface area (TPSA) is 49.8 Å². The zero-order valence-corrected chi connectivity index (χ0v) is 13.7. The highest BCUT2D eigenvalue weighted by molar-refractivity contribution is 5.60. The van der Waals surface area contributed by atoms with Crippen LogP contribution < -0.4 is 10.6 Å². The Labute approximate surface area is 127 Å². The van der Waals surface area contributed by atoms with Gasteiger partial charge in [-0.3, -0.25) is 0 Å². The van der Waals surface area contributed by atoms with Crippen molar-refractivity contribution in [3.63, 3.8) is 0 Å². The van der Waals surface area contributed by atoms with E-state index in [0.717, 1.165) is 23.1 Å². The van der Waals surface area contributed by atoms with Crippen LogP contribution in [0, 0.1) is 13.8 Å². The largest absolute Gasteiger partial charge is 0.373 e. The highest BCUT2D eigenvalue weighted by Gasteiger charge is 2.19. The maximum atomic E-state index is 4.64. The molecule has 0 saturated heterocycles. The van der Waals surface area contributed by atoms with Gasteiger partial charge in [-0.2, -0.15) is 0 Å². The van der Waals surface area contributed by atoms with E-state index in [4.69, 9.17) is 0 Å². The molecule has 1 heterocycles. The molecule has 0 amide bonds. The maximum Gasteiger partial charge on any atom is 0.138 e. The van der Waals surface area contributed by atoms with E-state index < -0.39 is 0 Å². The molecular formula is C17H24N4. The molecule has 0 bridgehead atoms. The Morgan fingerprint density at radius 1 is 0.905 bits per heavy atom. The minimum atomic E-state index is -0.0908. The van der Waals surface area contributed by atoms with E-state index in [1.807, 2.05) is 13.1 Å². The standard InChI is InChI=1S/C17H24N4/c1-11-7-8-13(9-12(11)2)19-15-10-14(18-6)20-16(21-15)17(3,4)5/h7-10H,1-6H3,(H2,18,19,20,21). The smallest absolute Gasteiger partial charge is 0.138 e. The lowest BCUT2D eigenvalue weighted by Gasteiger charge is -2.19. The number of hydrogen-bond acceptors (Lipinski definition) is 4. The molecule has 1 aromatic heterocycles. The maximum absolute atomic E-state index is 4.64. The van der Waals surface area contributed by atoms with Gasteiger partial charge in [0.15, 0.2) is 0 Å². The Hall–Kier alpha value is -2.10. The van der Waals surface area contributed by atoms with Crippen molar-refractivity contribution in [3.05, 3.63) is 41.2 Å². The van der Waals surface area contributed by atoms with E-state index in [0.29, 0.717) is 0 Å². The molecule has 112 valence electrons. The van der Waals surface area contributed by atoms with Gasteiger partial charge in [-0.05, 0) is 37.1 Å². The zero-order valence-electron chi connectivity index (χ0n) is 13.7. The van der Waals surface area contributed by atoms with E-state index in [1.54, 1.807) is 0 Å². The molecule has 21 heavy (non-hydrogen) atoms. The molecule has 0 unspecified atom stereocenters. The van der Waals surface area contributed by atoms with Crippen molar-refractivity contribution < 1.29 is 0 Å². The summed E-state index contributed by atoms with van der Waals surface area (Å²) in [5, 5.41) is 6.46. The highest BCUT2D eigenvalue weighted by Crippen LogP contribution is 2.24. The summed E-state index contributed by atoms with van der Waals surface area (Å²) in [5.41, 5.74) is 3.50. The van der Waals surface area contributed by atoms with Crippen LogP contribution in [-0.4, -0.2) is 17.0 Å². The predicted octanol–water partition coefficient (Wildman–Crippen LogP) is 4.18. The van der Waals surface area contributed by atoms with Crippen LogP contribution in [0.25, 0.3) is 0 Å². The minimum Gasteiger partial charge on any atom is -0.373 e. The van der Waals surface area contributed by atoms with Gasteiger partial charge in [0.25, 0.3) is 0 Å². The van der Waals surface area contributed by atoms with E-state index in [-0.39, 0.29) is 5.41 Å². The number of hydrogen-bond donors (Lipinski definition) is 2. The number of anilines is 3. The molecular weight excluding hydrogens is 260 g/mol. The lowest BCUT2D eigenvalue weighted by molar-refractivity contribution is 0.547. The number of nitrogens with zero attached hydrogens (tertiary/aromatic N) is 2. The first-order valence-corrected chi connectivity index (χ1v) is 7.21. The number of rotatable bonds is 3. The first-order chi connectivity index (χ1) is 9.79. The van der Waals surface area contributed by atoms with Gasteiger partial charge in [-0.1, -0.05) is 26.8 Å². The van der Waals surface area contributed by atoms with E-state index in [2.05, 4.69) is 73.4 Å². The summed E-state index contributed by atoms with van der Waals surface area (Å²) in [7, 11) is 1.87. The van der Waals surface area contributed by atoms with Crippen LogP contribution >= 0.6 is 0 Å². The van der Waals surface area contributed by atoms with Crippen molar-refractivity contribution in [1.82, 2.24) is 9.97 Å². The van der Waals surface area contributed by atoms with Crippen LogP contribution in [0.2, 0.25) is 0 Å². The first kappa shape index (κ1) is 15.3. The van der Waals surface area contributed by atoms with Crippen LogP contribution in [0.5, 0.6) is 0 Å². The molecule has 2 N–H and O–H groups in total. The normalized spacial score (nSPS) is 11.3. The molecule has 4 nitrogen and oxygen atoms in total. The lowest BCUT2D eigenvalue weighted by atomic mass is 9.96. The number of aryl methyl sites for hydroxylation is 2. The average molecular weight is 284 g/mol. The second-order valence-corrected chi connectivity index (χ2v) is 6.39. The third-order valence-corrected chi connectivity index (χ3v) is 3.43. The molecule has 0 saturated carbocycles. The van der Waals surface area contributed by atoms with Gasteiger partial charge in [0.2, 0.25) is 0 Å². The van der Waals surface area contributed by atoms with E-state index >= 15 is 0 Å². The van der Waals surface area contributed by atoms with Gasteiger partial charge < -0.3 is 10.6 Å². The average Bonchev–Trinajstić information content (AvgIpc) is 2.41. The SMILES string of the molecule is CNc1cc(Nc2ccc(C)c(C)c2)nc(C(C)(C)C)n1. The van der Waals surface area contributed by atoms with E-state index in [1.165, 1.54) is 11.1 Å². The van der Waals surface area contributed by atoms with Crippen molar-refractivity contribution in [2.75, 3.05) is 17.7 Å². The summed E-state index contributed by atoms with van der Waals surface area (Å²) in [5.74, 6) is 2.45. The summed E-state index contributed by atoms with van der Waals surface area (Å²) >= 11 is 0. The molecule has 0 spiro atoms. The molecule has 2 aromatic rings. The van der Waals surface area contributed by atoms with Crippen LogP contribution in [0.4, 0.5) is 17.3 Å². The summed E-state index contributed by atoms with van der Waals surface area (Å²) in [6.07, 6.45) is 0. The fraction of sp³-hybridized carbons (Fsp3) is 0.412. The fourth-order valence-electron chi connectivity index (χ4n) is 1.94. The fourth-order valence-corrected chi connectivity index (χ4v) is 1.94. The first-order valence-electron chi connectivity index (χ1n) is 7.21. The molecule has 0 aliphatic carbocycles. The third kappa shape index (κ3) is 3.72. The molecule has 0 aliphatic rings. The van der Waals surface area contributed by atoms with Crippen LogP contribution in [0.15, 0.2) is 24.3 Å². The van der Waals surface area contributed by atoms with Crippen molar-refractivity contribution in [2.45, 2.75) is 40.0 Å². The van der Waals surface area contributed by atoms with Crippen molar-refractivity contribution in [2.24, 2.45) is 0 Å². The number of aromatic nitrogens is 2. The summed E-state index contributed by atoms with van der Waals surface area (Å²) < 4.78 is 0. The predicted molar refractivity (Wildman–Crippen MR) is 89.5 cm³/mol. The van der Waals surface area contributed by atoms with Gasteiger partial charge in [0.1, 0.15) is 17.5 Å². The van der Waals surface area contributed by atoms with Crippen LogP contribution in [0.1, 0.15) is 37.7 Å². The molecule has 0 fully saturated rings. The highest BCUT2D eigenvalue weighted by atomic mass is 15.1. The Morgan fingerprint density at radius 2 is 1.57 bits per heavy atom. The Balaban J connectivity index is 2.36. The summed E-state index contributed by atoms with van der Waals surface area (Å²) in [4.78, 5) is 9.17. The van der Waals surface area contributed by atoms with Gasteiger partial charge >= 0.3 is 0 Å². The Morgan fingerprint density at radius 3 is 2.14 bits per heavy atom. The summed E-state index contributed by atoms with van der Waals surface area (Å²) in [6, 6.07) is 8.24. The monoisotopic (exact) mass is 284 g/mol. The van der Waals surface area contributed by atoms with Gasteiger partial charge in [0.05, 0.1) is 0 Å². The zero-order chi connectivity index (χ0) is 15.6. The summed E-state index contributed by atoms with van der Waals surface area (Å²) in [6.45, 7) is 10.6. The third-order valence-electron chi connectivity index (χ3n) is 3.43. The molecule has 0 aliphatic heterocycles. The number of nitrogens with one attached hydrogen (secondary N) is 2. The van der Waals surface area contributed by atoms with Crippen molar-refractivity contribution >= 4 is 17.3 Å². The quantitative estimate of drug-likeness (QED) is 0.888. The lowest BCUT2D eigenvalue weighted by Crippen LogP contribution is -2.17. The van der Waals surface area contributed by atoms with Crippen LogP contribution in [-0.2, 0) is 5.41 Å². The molecule has 0 atom stereocenters. The van der Waals surface area contributed by atoms with Crippen LogP contribution in [0.3, 0.4) is 0 Å². The van der Waals surface area contributed by atoms with Crippen molar-refractivity contribution in [3.8, 4) is 0 Å². The molecule has 2 rings (SSSR count). The Kier molecular flexibility index (Phi) is 4.16. The molecule has 4 heteroatoms. The van der Waals surface area contributed by atoms with Crippen molar-refractivity contribution in [1.29, 1.82) is 0 Å². The molecule has 0 radical (unpaired) electrons. The van der Waals surface area contributed by atoms with Gasteiger partial charge in [-0.15, -0.1) is 0 Å². The van der Waals surface area contributed by atoms with E-state index in [9.17, 15) is 0 Å². The second-order valence-electron chi connectivity index (χ2n) is 6.39. The minimum absolute atomic E-state index is 0.0908. The molecule has 1 aromatic carbocycles. The van der Waals surface area contributed by atoms with Gasteiger partial charge in [0, 0.05) is 24.2 Å². The number of benzene rings is 1. The van der Waals surface area contributed by atoms with Gasteiger partial charge in [-0.25, -0.2) is 9.97 Å². The Bertz CT molecular complexity index is 642.